The van der Waals surface area contributed by atoms with E-state index in [9.17, 15) is 4.79 Å². The van der Waals surface area contributed by atoms with Gasteiger partial charge >= 0.3 is 124 Å². The molecule has 0 aliphatic carbocycles. The zero-order valence-corrected chi connectivity index (χ0v) is 16.5. The molecule has 0 spiro atoms. The standard InChI is InChI=1S/C4H8N2O2.4Na.4H/c1-2-3(5)4(7)8-6;;;;;;;;/h2H,5-6H2,1H3;;;;;;;;/q;4*+1;4*-1. The molecule has 8 heteroatoms. The Morgan fingerprint density at radius 1 is 1.33 bits per heavy atom. The summed E-state index contributed by atoms with van der Waals surface area (Å²) in [6.07, 6.45) is 1.41. The fourth-order valence-electron chi connectivity index (χ4n) is 0.186. The normalized spacial score (nSPS) is 7.33. The summed E-state index contributed by atoms with van der Waals surface area (Å²) >= 11 is 0. The molecule has 0 bridgehead atoms. The summed E-state index contributed by atoms with van der Waals surface area (Å²) in [6, 6.07) is 0. The van der Waals surface area contributed by atoms with Crippen molar-refractivity contribution in [2.24, 2.45) is 11.6 Å². The number of carbonyl (C=O) groups is 1. The number of hydrogen-bond acceptors (Lipinski definition) is 4. The summed E-state index contributed by atoms with van der Waals surface area (Å²) in [7, 11) is 0. The molecular weight excluding hydrogens is 200 g/mol. The topological polar surface area (TPSA) is 78.3 Å². The van der Waals surface area contributed by atoms with Gasteiger partial charge in [-0.3, -0.25) is 0 Å². The van der Waals surface area contributed by atoms with E-state index in [0.29, 0.717) is 0 Å². The van der Waals surface area contributed by atoms with Crippen molar-refractivity contribution in [2.75, 3.05) is 0 Å². The maximum Gasteiger partial charge on any atom is 1.00 e. The van der Waals surface area contributed by atoms with Crippen LogP contribution < -0.4 is 130 Å². The van der Waals surface area contributed by atoms with Gasteiger partial charge in [-0.15, -0.1) is 0 Å². The van der Waals surface area contributed by atoms with Gasteiger partial charge in [0.15, 0.2) is 0 Å². The van der Waals surface area contributed by atoms with Crippen molar-refractivity contribution < 1.29 is 134 Å². The zero-order chi connectivity index (χ0) is 6.57. The van der Waals surface area contributed by atoms with Gasteiger partial charge in [0, 0.05) is 0 Å². The van der Waals surface area contributed by atoms with Crippen molar-refractivity contribution in [3.05, 3.63) is 11.8 Å². The summed E-state index contributed by atoms with van der Waals surface area (Å²) in [6.45, 7) is 1.62. The third kappa shape index (κ3) is 15.4. The molecule has 0 heterocycles. The maximum absolute atomic E-state index is 10.2. The van der Waals surface area contributed by atoms with Crippen molar-refractivity contribution in [3.8, 4) is 0 Å². The van der Waals surface area contributed by atoms with Crippen molar-refractivity contribution in [2.45, 2.75) is 6.92 Å². The predicted molar refractivity (Wildman–Crippen MR) is 32.7 cm³/mol. The molecular formula is C4H12N2Na4O2. The minimum absolute atomic E-state index is 0. The summed E-state index contributed by atoms with van der Waals surface area (Å²) in [5, 5.41) is 0. The van der Waals surface area contributed by atoms with E-state index in [0.717, 1.165) is 0 Å². The Hall–Kier alpha value is 2.97. The maximum atomic E-state index is 10.2. The van der Waals surface area contributed by atoms with Gasteiger partial charge in [-0.2, -0.15) is 5.90 Å². The van der Waals surface area contributed by atoms with Crippen LogP contribution in [0.15, 0.2) is 11.8 Å². The van der Waals surface area contributed by atoms with E-state index < -0.39 is 5.97 Å². The average molecular weight is 212 g/mol. The molecule has 0 unspecified atom stereocenters. The van der Waals surface area contributed by atoms with Gasteiger partial charge in [0.25, 0.3) is 0 Å². The first kappa shape index (κ1) is 29.4. The number of rotatable bonds is 1. The number of carbonyl (C=O) groups excluding carboxylic acids is 1. The second-order valence-electron chi connectivity index (χ2n) is 1.15. The Morgan fingerprint density at radius 3 is 1.75 bits per heavy atom. The van der Waals surface area contributed by atoms with E-state index in [-0.39, 0.29) is 130 Å². The molecule has 0 saturated carbocycles. The second kappa shape index (κ2) is 19.5. The molecule has 0 atom stereocenters. The SMILES string of the molecule is CC=C(N)C(=O)ON.[H-].[H-].[H-].[H-].[Na+].[Na+].[Na+].[Na+]. The van der Waals surface area contributed by atoms with Gasteiger partial charge in [-0.05, 0) is 6.92 Å². The molecule has 0 amide bonds. The number of hydrogen-bond donors (Lipinski definition) is 2. The van der Waals surface area contributed by atoms with Gasteiger partial charge in [0.05, 0.1) is 0 Å². The van der Waals surface area contributed by atoms with Crippen molar-refractivity contribution in [1.82, 2.24) is 0 Å². The van der Waals surface area contributed by atoms with Crippen LogP contribution in [0.5, 0.6) is 0 Å². The summed E-state index contributed by atoms with van der Waals surface area (Å²) < 4.78 is 0. The van der Waals surface area contributed by atoms with Gasteiger partial charge in [-0.1, -0.05) is 6.08 Å². The van der Waals surface area contributed by atoms with Crippen LogP contribution in [0, 0.1) is 0 Å². The molecule has 0 aliphatic rings. The Kier molecular flexibility index (Phi) is 47.8. The molecule has 0 fully saturated rings. The molecule has 0 aromatic carbocycles. The van der Waals surface area contributed by atoms with Crippen molar-refractivity contribution >= 4 is 5.97 Å². The summed E-state index contributed by atoms with van der Waals surface area (Å²) in [5.74, 6) is 3.78. The van der Waals surface area contributed by atoms with Gasteiger partial charge in [-0.25, -0.2) is 4.79 Å². The predicted octanol–water partition coefficient (Wildman–Crippen LogP) is -12.3. The van der Waals surface area contributed by atoms with Crippen LogP contribution in [-0.4, -0.2) is 5.97 Å². The largest absolute Gasteiger partial charge is 1.00 e. The molecule has 0 aromatic heterocycles. The summed E-state index contributed by atoms with van der Waals surface area (Å²) in [5.41, 5.74) is 5.05. The van der Waals surface area contributed by atoms with Crippen LogP contribution in [0.25, 0.3) is 0 Å². The third-order valence-corrected chi connectivity index (χ3v) is 0.654. The first-order valence-corrected chi connectivity index (χ1v) is 2.05. The van der Waals surface area contributed by atoms with E-state index in [1.807, 2.05) is 0 Å². The molecule has 0 radical (unpaired) electrons. The minimum atomic E-state index is -0.701. The Bertz CT molecular complexity index is 143. The zero-order valence-electron chi connectivity index (χ0n) is 12.5. The van der Waals surface area contributed by atoms with E-state index in [2.05, 4.69) is 10.7 Å². The van der Waals surface area contributed by atoms with Crippen LogP contribution in [0.1, 0.15) is 12.6 Å². The van der Waals surface area contributed by atoms with Crippen LogP contribution >= 0.6 is 0 Å². The van der Waals surface area contributed by atoms with Crippen molar-refractivity contribution in [3.63, 3.8) is 0 Å². The fourth-order valence-corrected chi connectivity index (χ4v) is 0.186. The average Bonchev–Trinajstić information content (AvgIpc) is 1.84. The number of nitrogens with two attached hydrogens (primary N) is 2. The fraction of sp³-hybridized carbons (Fsp3) is 0.250. The molecule has 0 aliphatic heterocycles. The quantitative estimate of drug-likeness (QED) is 0.257. The first-order chi connectivity index (χ1) is 3.72. The van der Waals surface area contributed by atoms with Gasteiger partial charge in [0.2, 0.25) is 0 Å². The number of allylic oxidation sites excluding steroid dienone is 1. The second-order valence-corrected chi connectivity index (χ2v) is 1.15. The molecule has 4 nitrogen and oxygen atoms in total. The molecule has 54 valence electrons. The smallest absolute Gasteiger partial charge is 1.00 e. The minimum Gasteiger partial charge on any atom is -1.00 e. The monoisotopic (exact) mass is 212 g/mol. The van der Waals surface area contributed by atoms with Crippen LogP contribution in [0.2, 0.25) is 0 Å². The Balaban J connectivity index is -0.00000000875. The third-order valence-electron chi connectivity index (χ3n) is 0.654. The summed E-state index contributed by atoms with van der Waals surface area (Å²) in [4.78, 5) is 14.0. The Labute approximate surface area is 167 Å². The Morgan fingerprint density at radius 2 is 1.67 bits per heavy atom. The van der Waals surface area contributed by atoms with Gasteiger partial charge in [0.1, 0.15) is 5.70 Å². The van der Waals surface area contributed by atoms with Gasteiger partial charge < -0.3 is 16.3 Å². The van der Waals surface area contributed by atoms with E-state index in [1.54, 1.807) is 6.92 Å². The van der Waals surface area contributed by atoms with Crippen LogP contribution in [-0.2, 0) is 9.63 Å². The van der Waals surface area contributed by atoms with E-state index >= 15 is 0 Å². The molecule has 0 rings (SSSR count). The van der Waals surface area contributed by atoms with Crippen LogP contribution in [0.4, 0.5) is 0 Å². The molecule has 0 saturated heterocycles. The first-order valence-electron chi connectivity index (χ1n) is 2.05. The van der Waals surface area contributed by atoms with Crippen LogP contribution in [0.3, 0.4) is 0 Å². The molecule has 0 aromatic rings. The molecule has 12 heavy (non-hydrogen) atoms. The van der Waals surface area contributed by atoms with Crippen molar-refractivity contribution in [1.29, 1.82) is 0 Å². The molecule has 4 N–H and O–H groups in total. The van der Waals surface area contributed by atoms with E-state index in [1.165, 1.54) is 6.08 Å². The van der Waals surface area contributed by atoms with E-state index in [4.69, 9.17) is 5.73 Å².